The maximum Gasteiger partial charge on any atom is 0.277 e. The molecule has 0 saturated carbocycles. The van der Waals surface area contributed by atoms with Crippen LogP contribution in [0.4, 0.5) is 5.69 Å². The Labute approximate surface area is 167 Å². The van der Waals surface area contributed by atoms with Crippen LogP contribution in [0.1, 0.15) is 28.9 Å². The van der Waals surface area contributed by atoms with Crippen LogP contribution in [0.25, 0.3) is 11.5 Å². The smallest absolute Gasteiger partial charge is 0.277 e. The second-order valence-electron chi connectivity index (χ2n) is 6.99. The minimum absolute atomic E-state index is 0.0433. The monoisotopic (exact) mass is 395 g/mol. The second-order valence-corrected chi connectivity index (χ2v) is 6.99. The SMILES string of the molecule is O=C(Nc1ccc(CC(=O)N2CCC(O)CC2)cc1)c1cc(-c2ccco2)on1. The molecule has 150 valence electrons. The van der Waals surface area contributed by atoms with Gasteiger partial charge in [-0.3, -0.25) is 9.59 Å². The van der Waals surface area contributed by atoms with Gasteiger partial charge in [-0.05, 0) is 42.7 Å². The summed E-state index contributed by atoms with van der Waals surface area (Å²) in [7, 11) is 0. The van der Waals surface area contributed by atoms with Gasteiger partial charge in [0.15, 0.2) is 11.5 Å². The molecule has 1 aromatic carbocycles. The van der Waals surface area contributed by atoms with E-state index in [4.69, 9.17) is 8.94 Å². The Morgan fingerprint density at radius 2 is 1.90 bits per heavy atom. The second kappa shape index (κ2) is 8.32. The molecule has 3 heterocycles. The van der Waals surface area contributed by atoms with Crippen LogP contribution in [0.15, 0.2) is 57.7 Å². The summed E-state index contributed by atoms with van der Waals surface area (Å²) in [4.78, 5) is 26.5. The number of hydrogen-bond donors (Lipinski definition) is 2. The van der Waals surface area contributed by atoms with Crippen molar-refractivity contribution in [3.05, 3.63) is 60.0 Å². The lowest BCUT2D eigenvalue weighted by Crippen LogP contribution is -2.40. The summed E-state index contributed by atoms with van der Waals surface area (Å²) in [6.07, 6.45) is 2.75. The van der Waals surface area contributed by atoms with Crippen LogP contribution in [0.5, 0.6) is 0 Å². The Morgan fingerprint density at radius 1 is 1.14 bits per heavy atom. The number of rotatable bonds is 5. The number of nitrogens with one attached hydrogen (secondary N) is 1. The summed E-state index contributed by atoms with van der Waals surface area (Å²) in [6, 6.07) is 12.1. The molecule has 29 heavy (non-hydrogen) atoms. The molecule has 2 N–H and O–H groups in total. The molecule has 1 saturated heterocycles. The first-order valence-electron chi connectivity index (χ1n) is 9.45. The predicted octanol–water partition coefficient (Wildman–Crippen LogP) is 2.71. The van der Waals surface area contributed by atoms with Crippen LogP contribution in [0.3, 0.4) is 0 Å². The molecular weight excluding hydrogens is 374 g/mol. The molecule has 4 rings (SSSR count). The quantitative estimate of drug-likeness (QED) is 0.688. The number of piperidine rings is 1. The van der Waals surface area contributed by atoms with E-state index in [1.807, 2.05) is 12.1 Å². The van der Waals surface area contributed by atoms with Crippen LogP contribution < -0.4 is 5.32 Å². The molecule has 1 aliphatic rings. The van der Waals surface area contributed by atoms with Crippen molar-refractivity contribution in [2.24, 2.45) is 0 Å². The van der Waals surface area contributed by atoms with Gasteiger partial charge in [0.1, 0.15) is 0 Å². The molecule has 8 heteroatoms. The number of carbonyl (C=O) groups excluding carboxylic acids is 2. The van der Waals surface area contributed by atoms with Crippen LogP contribution in [-0.4, -0.2) is 46.2 Å². The number of aliphatic hydroxyl groups is 1. The molecule has 1 fully saturated rings. The van der Waals surface area contributed by atoms with Crippen molar-refractivity contribution in [1.29, 1.82) is 0 Å². The lowest BCUT2D eigenvalue weighted by atomic mass is 10.1. The van der Waals surface area contributed by atoms with Crippen molar-refractivity contribution < 1.29 is 23.6 Å². The molecule has 1 aliphatic heterocycles. The van der Waals surface area contributed by atoms with E-state index in [9.17, 15) is 14.7 Å². The van der Waals surface area contributed by atoms with Crippen LogP contribution >= 0.6 is 0 Å². The molecule has 0 bridgehead atoms. The molecule has 0 aliphatic carbocycles. The number of hydrogen-bond acceptors (Lipinski definition) is 6. The van der Waals surface area contributed by atoms with Crippen molar-refractivity contribution in [3.8, 4) is 11.5 Å². The maximum absolute atomic E-state index is 12.4. The Hall–Kier alpha value is -3.39. The highest BCUT2D eigenvalue weighted by Gasteiger charge is 2.21. The molecule has 0 atom stereocenters. The number of nitrogens with zero attached hydrogens (tertiary/aromatic N) is 2. The standard InChI is InChI=1S/C21H21N3O5/c25-16-7-9-24(10-8-16)20(26)12-14-3-5-15(6-4-14)22-21(27)17-13-19(29-23-17)18-2-1-11-28-18/h1-6,11,13,16,25H,7-10,12H2,(H,22,27). The fraction of sp³-hybridized carbons (Fsp3) is 0.286. The maximum atomic E-state index is 12.4. The number of aromatic nitrogens is 1. The first kappa shape index (κ1) is 18.9. The summed E-state index contributed by atoms with van der Waals surface area (Å²) >= 11 is 0. The Kier molecular flexibility index (Phi) is 5.44. The summed E-state index contributed by atoms with van der Waals surface area (Å²) < 4.78 is 10.3. The Balaban J connectivity index is 1.33. The third-order valence-corrected chi connectivity index (χ3v) is 4.89. The first-order chi connectivity index (χ1) is 14.1. The molecular formula is C21H21N3O5. The van der Waals surface area contributed by atoms with Crippen molar-refractivity contribution in [1.82, 2.24) is 10.1 Å². The van der Waals surface area contributed by atoms with E-state index < -0.39 is 5.91 Å². The summed E-state index contributed by atoms with van der Waals surface area (Å²) in [5.41, 5.74) is 1.60. The highest BCUT2D eigenvalue weighted by atomic mass is 16.5. The highest BCUT2D eigenvalue weighted by Crippen LogP contribution is 2.21. The predicted molar refractivity (Wildman–Crippen MR) is 104 cm³/mol. The van der Waals surface area contributed by atoms with Gasteiger partial charge in [0.05, 0.1) is 18.8 Å². The summed E-state index contributed by atoms with van der Waals surface area (Å²) in [5, 5.41) is 16.1. The topological polar surface area (TPSA) is 109 Å². The third kappa shape index (κ3) is 4.55. The van der Waals surface area contributed by atoms with E-state index >= 15 is 0 Å². The zero-order chi connectivity index (χ0) is 20.2. The Bertz CT molecular complexity index is 970. The average Bonchev–Trinajstić information content (AvgIpc) is 3.42. The lowest BCUT2D eigenvalue weighted by Gasteiger charge is -2.29. The largest absolute Gasteiger partial charge is 0.461 e. The van der Waals surface area contributed by atoms with Gasteiger partial charge >= 0.3 is 0 Å². The van der Waals surface area contributed by atoms with Crippen LogP contribution in [-0.2, 0) is 11.2 Å². The van der Waals surface area contributed by atoms with Crippen molar-refractivity contribution in [3.63, 3.8) is 0 Å². The number of likely N-dealkylation sites (tertiary alicyclic amines) is 1. The molecule has 0 radical (unpaired) electrons. The number of anilines is 1. The van der Waals surface area contributed by atoms with E-state index in [2.05, 4.69) is 10.5 Å². The summed E-state index contributed by atoms with van der Waals surface area (Å²) in [5.74, 6) is 0.511. The number of amides is 2. The van der Waals surface area contributed by atoms with E-state index in [1.54, 1.807) is 29.2 Å². The lowest BCUT2D eigenvalue weighted by molar-refractivity contribution is -0.132. The van der Waals surface area contributed by atoms with Crippen molar-refractivity contribution in [2.45, 2.75) is 25.4 Å². The van der Waals surface area contributed by atoms with Gasteiger partial charge in [-0.2, -0.15) is 0 Å². The van der Waals surface area contributed by atoms with E-state index in [0.717, 1.165) is 5.56 Å². The van der Waals surface area contributed by atoms with Gasteiger partial charge in [0.2, 0.25) is 11.7 Å². The Morgan fingerprint density at radius 3 is 2.59 bits per heavy atom. The van der Waals surface area contributed by atoms with E-state index in [-0.39, 0.29) is 17.7 Å². The zero-order valence-electron chi connectivity index (χ0n) is 15.7. The van der Waals surface area contributed by atoms with Crippen LogP contribution in [0.2, 0.25) is 0 Å². The van der Waals surface area contributed by atoms with Gasteiger partial charge in [-0.15, -0.1) is 0 Å². The minimum atomic E-state index is -0.401. The van der Waals surface area contributed by atoms with E-state index in [1.165, 1.54) is 12.3 Å². The number of furan rings is 1. The molecule has 3 aromatic rings. The first-order valence-corrected chi connectivity index (χ1v) is 9.45. The fourth-order valence-corrected chi connectivity index (χ4v) is 3.22. The minimum Gasteiger partial charge on any atom is -0.461 e. The molecule has 2 aromatic heterocycles. The normalized spacial score (nSPS) is 14.7. The molecule has 8 nitrogen and oxygen atoms in total. The van der Waals surface area contributed by atoms with Gasteiger partial charge in [0, 0.05) is 24.8 Å². The average molecular weight is 395 g/mol. The van der Waals surface area contributed by atoms with Gasteiger partial charge in [-0.25, -0.2) is 0 Å². The number of benzene rings is 1. The fourth-order valence-electron chi connectivity index (χ4n) is 3.22. The van der Waals surface area contributed by atoms with Gasteiger partial charge in [-0.1, -0.05) is 17.3 Å². The van der Waals surface area contributed by atoms with Gasteiger partial charge in [0.25, 0.3) is 5.91 Å². The molecule has 2 amide bonds. The zero-order valence-corrected chi connectivity index (χ0v) is 15.7. The summed E-state index contributed by atoms with van der Waals surface area (Å²) in [6.45, 7) is 1.18. The van der Waals surface area contributed by atoms with Crippen molar-refractivity contribution >= 4 is 17.5 Å². The van der Waals surface area contributed by atoms with E-state index in [0.29, 0.717) is 49.6 Å². The van der Waals surface area contributed by atoms with Crippen LogP contribution in [0, 0.1) is 0 Å². The number of carbonyl (C=O) groups is 2. The van der Waals surface area contributed by atoms with Crippen molar-refractivity contribution in [2.75, 3.05) is 18.4 Å². The number of aliphatic hydroxyl groups excluding tert-OH is 1. The third-order valence-electron chi connectivity index (χ3n) is 4.89. The molecule has 0 unspecified atom stereocenters. The highest BCUT2D eigenvalue weighted by molar-refractivity contribution is 6.03. The molecule has 0 spiro atoms. The van der Waals surface area contributed by atoms with Gasteiger partial charge < -0.3 is 24.3 Å².